The summed E-state index contributed by atoms with van der Waals surface area (Å²) in [6.07, 6.45) is 1.97. The number of rotatable bonds is 8. The molecule has 7 nitrogen and oxygen atoms in total. The van der Waals surface area contributed by atoms with Crippen LogP contribution in [0.4, 0.5) is 0 Å². The standard InChI is InChI=1S/C12H19NO6S/c1-9-11(8-10(19-9)12(15)16)20(17,18)13(2)6-4-3-5-7-14/h8,14H,3-7H2,1-2H3,(H,15,16). The average Bonchev–Trinajstić information content (AvgIpc) is 2.77. The second-order valence-corrected chi connectivity index (χ2v) is 6.46. The smallest absolute Gasteiger partial charge is 0.371 e. The summed E-state index contributed by atoms with van der Waals surface area (Å²) in [5.74, 6) is -1.64. The fourth-order valence-electron chi connectivity index (χ4n) is 1.74. The van der Waals surface area contributed by atoms with Crippen LogP contribution in [-0.2, 0) is 10.0 Å². The van der Waals surface area contributed by atoms with Gasteiger partial charge in [0.05, 0.1) is 0 Å². The summed E-state index contributed by atoms with van der Waals surface area (Å²) in [6.45, 7) is 1.80. The van der Waals surface area contributed by atoms with Crippen molar-refractivity contribution in [2.75, 3.05) is 20.2 Å². The maximum absolute atomic E-state index is 12.3. The van der Waals surface area contributed by atoms with E-state index in [1.165, 1.54) is 14.0 Å². The first-order valence-corrected chi connectivity index (χ1v) is 7.65. The lowest BCUT2D eigenvalue weighted by molar-refractivity contribution is 0.0661. The number of hydrogen-bond donors (Lipinski definition) is 2. The summed E-state index contributed by atoms with van der Waals surface area (Å²) >= 11 is 0. The molecule has 0 bridgehead atoms. The fraction of sp³-hybridized carbons (Fsp3) is 0.583. The summed E-state index contributed by atoms with van der Waals surface area (Å²) in [5, 5.41) is 17.5. The number of aryl methyl sites for hydroxylation is 1. The van der Waals surface area contributed by atoms with Crippen molar-refractivity contribution >= 4 is 16.0 Å². The highest BCUT2D eigenvalue weighted by Crippen LogP contribution is 2.23. The van der Waals surface area contributed by atoms with Gasteiger partial charge in [-0.3, -0.25) is 0 Å². The molecule has 114 valence electrons. The van der Waals surface area contributed by atoms with E-state index in [1.54, 1.807) is 0 Å². The van der Waals surface area contributed by atoms with Gasteiger partial charge in [-0.15, -0.1) is 0 Å². The van der Waals surface area contributed by atoms with E-state index in [2.05, 4.69) is 0 Å². The first-order valence-electron chi connectivity index (χ1n) is 6.21. The van der Waals surface area contributed by atoms with Gasteiger partial charge in [-0.1, -0.05) is 0 Å². The Balaban J connectivity index is 2.84. The summed E-state index contributed by atoms with van der Waals surface area (Å²) in [6, 6.07) is 1.03. The van der Waals surface area contributed by atoms with Crippen molar-refractivity contribution in [3.63, 3.8) is 0 Å². The van der Waals surface area contributed by atoms with Gasteiger partial charge in [0.2, 0.25) is 15.8 Å². The number of unbranched alkanes of at least 4 members (excludes halogenated alkanes) is 2. The number of aliphatic hydroxyl groups excluding tert-OH is 1. The number of carboxylic acids is 1. The Morgan fingerprint density at radius 2 is 2.00 bits per heavy atom. The molecule has 0 aliphatic carbocycles. The summed E-state index contributed by atoms with van der Waals surface area (Å²) in [7, 11) is -2.32. The molecule has 0 aromatic carbocycles. The summed E-state index contributed by atoms with van der Waals surface area (Å²) in [5.41, 5.74) is 0. The zero-order valence-electron chi connectivity index (χ0n) is 11.5. The van der Waals surface area contributed by atoms with Crippen LogP contribution in [0.25, 0.3) is 0 Å². The van der Waals surface area contributed by atoms with Gasteiger partial charge in [-0.25, -0.2) is 17.5 Å². The largest absolute Gasteiger partial charge is 0.475 e. The highest BCUT2D eigenvalue weighted by atomic mass is 32.2. The van der Waals surface area contributed by atoms with Gasteiger partial charge in [0, 0.05) is 26.3 Å². The van der Waals surface area contributed by atoms with Crippen LogP contribution in [0.2, 0.25) is 0 Å². The topological polar surface area (TPSA) is 108 Å². The number of sulfonamides is 1. The SMILES string of the molecule is Cc1oc(C(=O)O)cc1S(=O)(=O)N(C)CCCCCO. The van der Waals surface area contributed by atoms with Crippen LogP contribution in [0.3, 0.4) is 0 Å². The molecule has 0 saturated heterocycles. The van der Waals surface area contributed by atoms with E-state index in [1.807, 2.05) is 0 Å². The van der Waals surface area contributed by atoms with Crippen LogP contribution >= 0.6 is 0 Å². The molecule has 0 fully saturated rings. The molecule has 0 amide bonds. The van der Waals surface area contributed by atoms with E-state index in [0.29, 0.717) is 19.4 Å². The third-order valence-corrected chi connectivity index (χ3v) is 4.87. The summed E-state index contributed by atoms with van der Waals surface area (Å²) in [4.78, 5) is 10.7. The van der Waals surface area contributed by atoms with Gasteiger partial charge in [0.15, 0.2) is 0 Å². The minimum Gasteiger partial charge on any atom is -0.475 e. The van der Waals surface area contributed by atoms with E-state index in [4.69, 9.17) is 14.6 Å². The Hall–Kier alpha value is -1.38. The molecule has 8 heteroatoms. The molecule has 1 rings (SSSR count). The number of aliphatic hydroxyl groups is 1. The number of aromatic carboxylic acids is 1. The predicted octanol–water partition coefficient (Wildman–Crippen LogP) is 1.07. The Labute approximate surface area is 117 Å². The zero-order valence-corrected chi connectivity index (χ0v) is 12.3. The van der Waals surface area contributed by atoms with Crippen LogP contribution in [0.1, 0.15) is 35.6 Å². The van der Waals surface area contributed by atoms with E-state index >= 15 is 0 Å². The Morgan fingerprint density at radius 3 is 2.50 bits per heavy atom. The van der Waals surface area contributed by atoms with Crippen molar-refractivity contribution in [3.05, 3.63) is 17.6 Å². The van der Waals surface area contributed by atoms with Crippen LogP contribution in [0.15, 0.2) is 15.4 Å². The predicted molar refractivity (Wildman–Crippen MR) is 71.2 cm³/mol. The first kappa shape index (κ1) is 16.7. The minimum atomic E-state index is -3.76. The third kappa shape index (κ3) is 3.81. The lowest BCUT2D eigenvalue weighted by Gasteiger charge is -2.16. The lowest BCUT2D eigenvalue weighted by Crippen LogP contribution is -2.28. The number of hydrogen-bond acceptors (Lipinski definition) is 5. The van der Waals surface area contributed by atoms with Gasteiger partial charge in [0.1, 0.15) is 10.7 Å². The Morgan fingerprint density at radius 1 is 1.35 bits per heavy atom. The van der Waals surface area contributed by atoms with E-state index in [-0.39, 0.29) is 17.3 Å². The Kier molecular flexibility index (Phi) is 5.73. The molecule has 0 saturated carbocycles. The van der Waals surface area contributed by atoms with Crippen molar-refractivity contribution in [1.29, 1.82) is 0 Å². The van der Waals surface area contributed by atoms with Gasteiger partial charge in [-0.2, -0.15) is 0 Å². The molecule has 1 heterocycles. The number of carboxylic acid groups (broad SMARTS) is 1. The fourth-order valence-corrected chi connectivity index (χ4v) is 3.10. The second-order valence-electron chi connectivity index (χ2n) is 4.45. The maximum atomic E-state index is 12.3. The average molecular weight is 305 g/mol. The van der Waals surface area contributed by atoms with Crippen molar-refractivity contribution in [2.45, 2.75) is 31.1 Å². The Bertz CT molecular complexity index is 563. The molecular formula is C12H19NO6S. The molecule has 2 N–H and O–H groups in total. The monoisotopic (exact) mass is 305 g/mol. The second kappa shape index (κ2) is 6.87. The van der Waals surface area contributed by atoms with Crippen molar-refractivity contribution in [2.24, 2.45) is 0 Å². The molecular weight excluding hydrogens is 286 g/mol. The van der Waals surface area contributed by atoms with E-state index < -0.39 is 21.8 Å². The molecule has 1 aromatic rings. The zero-order chi connectivity index (χ0) is 15.3. The van der Waals surface area contributed by atoms with Crippen molar-refractivity contribution in [1.82, 2.24) is 4.31 Å². The summed E-state index contributed by atoms with van der Waals surface area (Å²) < 4.78 is 30.6. The third-order valence-electron chi connectivity index (χ3n) is 2.90. The van der Waals surface area contributed by atoms with Crippen LogP contribution in [-0.4, -0.2) is 49.1 Å². The minimum absolute atomic E-state index is 0.0598. The highest BCUT2D eigenvalue weighted by molar-refractivity contribution is 7.89. The molecule has 0 aliphatic rings. The molecule has 0 aliphatic heterocycles. The number of furan rings is 1. The quantitative estimate of drug-likeness (QED) is 0.695. The van der Waals surface area contributed by atoms with Crippen LogP contribution in [0, 0.1) is 6.92 Å². The number of carbonyl (C=O) groups is 1. The van der Waals surface area contributed by atoms with Crippen LogP contribution in [0.5, 0.6) is 0 Å². The van der Waals surface area contributed by atoms with E-state index in [0.717, 1.165) is 16.8 Å². The van der Waals surface area contributed by atoms with Crippen LogP contribution < -0.4 is 0 Å². The maximum Gasteiger partial charge on any atom is 0.371 e. The normalized spacial score (nSPS) is 12.0. The van der Waals surface area contributed by atoms with Crippen molar-refractivity contribution in [3.8, 4) is 0 Å². The molecule has 0 radical (unpaired) electrons. The molecule has 0 unspecified atom stereocenters. The number of nitrogens with zero attached hydrogens (tertiary/aromatic N) is 1. The molecule has 0 spiro atoms. The molecule has 20 heavy (non-hydrogen) atoms. The molecule has 0 atom stereocenters. The van der Waals surface area contributed by atoms with Gasteiger partial charge in [-0.05, 0) is 26.2 Å². The van der Waals surface area contributed by atoms with Crippen molar-refractivity contribution < 1.29 is 27.8 Å². The van der Waals surface area contributed by atoms with Gasteiger partial charge in [0.25, 0.3) is 0 Å². The highest BCUT2D eigenvalue weighted by Gasteiger charge is 2.27. The van der Waals surface area contributed by atoms with Gasteiger partial charge < -0.3 is 14.6 Å². The van der Waals surface area contributed by atoms with E-state index in [9.17, 15) is 13.2 Å². The molecule has 1 aromatic heterocycles. The van der Waals surface area contributed by atoms with Gasteiger partial charge >= 0.3 is 5.97 Å². The lowest BCUT2D eigenvalue weighted by atomic mass is 10.2. The first-order chi connectivity index (χ1) is 9.30.